The highest BCUT2D eigenvalue weighted by Gasteiger charge is 2.24. The van der Waals surface area contributed by atoms with Gasteiger partial charge in [-0.25, -0.2) is 4.98 Å². The summed E-state index contributed by atoms with van der Waals surface area (Å²) >= 11 is 2.77. The summed E-state index contributed by atoms with van der Waals surface area (Å²) in [4.78, 5) is 45.6. The molecule has 0 radical (unpaired) electrons. The van der Waals surface area contributed by atoms with Crippen molar-refractivity contribution < 1.29 is 19.1 Å². The van der Waals surface area contributed by atoms with Crippen molar-refractivity contribution in [2.45, 2.75) is 17.1 Å². The Morgan fingerprint density at radius 1 is 0.816 bits per heavy atom. The molecule has 3 N–H and O–H groups in total. The van der Waals surface area contributed by atoms with Crippen molar-refractivity contribution >= 4 is 67.9 Å². The van der Waals surface area contributed by atoms with Gasteiger partial charge >= 0.3 is 0 Å². The molecule has 0 saturated heterocycles. The maximum Gasteiger partial charge on any atom is 0.272 e. The number of methoxy groups -OCH3 is 1. The number of anilines is 2. The molecule has 10 heteroatoms. The van der Waals surface area contributed by atoms with Crippen LogP contribution in [-0.2, 0) is 9.59 Å². The number of nitrogens with zero attached hydrogens (tertiary/aromatic N) is 1. The van der Waals surface area contributed by atoms with Gasteiger partial charge in [0.15, 0.2) is 5.13 Å². The minimum Gasteiger partial charge on any atom is -0.497 e. The summed E-state index contributed by atoms with van der Waals surface area (Å²) in [5.41, 5.74) is 4.49. The molecule has 6 aromatic rings. The molecular weight excluding hydrogens is 653 g/mol. The molecule has 1 atom stereocenters. The fourth-order valence-electron chi connectivity index (χ4n) is 4.98. The van der Waals surface area contributed by atoms with Gasteiger partial charge in [-0.05, 0) is 78.7 Å². The predicted octanol–water partition coefficient (Wildman–Crippen LogP) is 8.50. The number of carbonyl (C=O) groups is 3. The molecule has 8 nitrogen and oxygen atoms in total. The number of hydrogen-bond acceptors (Lipinski definition) is 7. The van der Waals surface area contributed by atoms with Crippen LogP contribution in [0.25, 0.3) is 16.3 Å². The average molecular weight is 685 g/mol. The largest absolute Gasteiger partial charge is 0.497 e. The van der Waals surface area contributed by atoms with Gasteiger partial charge in [0.05, 0.1) is 17.3 Å². The van der Waals surface area contributed by atoms with Crippen LogP contribution in [0.3, 0.4) is 0 Å². The highest BCUT2D eigenvalue weighted by Crippen LogP contribution is 2.38. The van der Waals surface area contributed by atoms with Gasteiger partial charge in [0, 0.05) is 16.1 Å². The van der Waals surface area contributed by atoms with Crippen LogP contribution in [0.2, 0.25) is 0 Å². The van der Waals surface area contributed by atoms with E-state index in [9.17, 15) is 14.4 Å². The fraction of sp³-hybridized carbons (Fsp3) is 0.0769. The van der Waals surface area contributed by atoms with E-state index in [1.54, 1.807) is 49.6 Å². The maximum absolute atomic E-state index is 13.7. The van der Waals surface area contributed by atoms with Crippen LogP contribution in [0.5, 0.6) is 5.75 Å². The third kappa shape index (κ3) is 8.61. The van der Waals surface area contributed by atoms with Crippen molar-refractivity contribution in [3.8, 4) is 5.75 Å². The molecule has 5 aromatic carbocycles. The fourth-order valence-corrected chi connectivity index (χ4v) is 6.90. The summed E-state index contributed by atoms with van der Waals surface area (Å²) in [5, 5.41) is 8.60. The number of amides is 3. The van der Waals surface area contributed by atoms with Gasteiger partial charge in [-0.1, -0.05) is 89.7 Å². The number of ether oxygens (including phenoxy) is 1. The van der Waals surface area contributed by atoms with Gasteiger partial charge in [-0.15, -0.1) is 11.8 Å². The summed E-state index contributed by atoms with van der Waals surface area (Å²) < 4.78 is 6.23. The lowest BCUT2D eigenvalue weighted by Crippen LogP contribution is -2.30. The number of rotatable bonds is 11. The third-order valence-corrected chi connectivity index (χ3v) is 9.61. The average Bonchev–Trinajstić information content (AvgIpc) is 3.53. The molecular formula is C39H32N4O4S2. The van der Waals surface area contributed by atoms with Gasteiger partial charge in [0.2, 0.25) is 5.91 Å². The molecule has 0 fully saturated rings. The Kier molecular flexibility index (Phi) is 10.5. The van der Waals surface area contributed by atoms with E-state index >= 15 is 0 Å². The molecule has 3 amide bonds. The van der Waals surface area contributed by atoms with E-state index < -0.39 is 17.1 Å². The van der Waals surface area contributed by atoms with E-state index in [1.165, 1.54) is 23.1 Å². The molecule has 0 aliphatic rings. The van der Waals surface area contributed by atoms with Crippen LogP contribution in [0.15, 0.2) is 138 Å². The highest BCUT2D eigenvalue weighted by molar-refractivity contribution is 8.00. The summed E-state index contributed by atoms with van der Waals surface area (Å²) in [6, 6.07) is 38.8. The van der Waals surface area contributed by atoms with E-state index in [4.69, 9.17) is 4.74 Å². The Balaban J connectivity index is 1.18. The van der Waals surface area contributed by atoms with Crippen molar-refractivity contribution in [2.24, 2.45) is 0 Å². The van der Waals surface area contributed by atoms with Crippen molar-refractivity contribution in [3.63, 3.8) is 0 Å². The number of aromatic nitrogens is 1. The van der Waals surface area contributed by atoms with Crippen LogP contribution in [0.4, 0.5) is 10.8 Å². The summed E-state index contributed by atoms with van der Waals surface area (Å²) in [6.07, 6.45) is 1.65. The van der Waals surface area contributed by atoms with Crippen molar-refractivity contribution in [1.82, 2.24) is 10.3 Å². The molecule has 49 heavy (non-hydrogen) atoms. The molecule has 0 spiro atoms. The zero-order chi connectivity index (χ0) is 34.2. The number of thioether (sulfide) groups is 1. The van der Waals surface area contributed by atoms with Crippen LogP contribution in [0.1, 0.15) is 32.3 Å². The monoisotopic (exact) mass is 684 g/mol. The second kappa shape index (κ2) is 15.5. The minimum atomic E-state index is -0.569. The Bertz CT molecular complexity index is 2130. The SMILES string of the molecule is COc1ccc2nc(NC(=O)C(Sc3ccc(NC(=O)/C(=C/c4cccc(C)c4)NC(=O)c4ccccc4)cc3)c3ccccc3)sc2c1. The smallest absolute Gasteiger partial charge is 0.272 e. The van der Waals surface area contributed by atoms with Crippen molar-refractivity contribution in [2.75, 3.05) is 17.7 Å². The number of nitrogens with one attached hydrogen (secondary N) is 3. The highest BCUT2D eigenvalue weighted by atomic mass is 32.2. The first-order valence-electron chi connectivity index (χ1n) is 15.4. The molecule has 0 bridgehead atoms. The van der Waals surface area contributed by atoms with Crippen LogP contribution < -0.4 is 20.7 Å². The van der Waals surface area contributed by atoms with Crippen LogP contribution in [0, 0.1) is 6.92 Å². The quantitative estimate of drug-likeness (QED) is 0.0933. The van der Waals surface area contributed by atoms with E-state index in [1.807, 2.05) is 97.9 Å². The molecule has 0 saturated carbocycles. The van der Waals surface area contributed by atoms with E-state index in [2.05, 4.69) is 20.9 Å². The van der Waals surface area contributed by atoms with E-state index in [0.29, 0.717) is 16.4 Å². The number of aryl methyl sites for hydroxylation is 1. The maximum atomic E-state index is 13.7. The molecule has 1 aromatic heterocycles. The molecule has 244 valence electrons. The first kappa shape index (κ1) is 33.2. The second-order valence-electron chi connectivity index (χ2n) is 11.0. The van der Waals surface area contributed by atoms with Crippen molar-refractivity contribution in [1.29, 1.82) is 0 Å². The Morgan fingerprint density at radius 2 is 1.55 bits per heavy atom. The summed E-state index contributed by atoms with van der Waals surface area (Å²) in [6.45, 7) is 1.96. The number of thiazole rings is 1. The number of carbonyl (C=O) groups excluding carboxylic acids is 3. The first-order valence-corrected chi connectivity index (χ1v) is 17.1. The standard InChI is InChI=1S/C39H32N4O4S2/c1-25-10-9-11-26(22-25)23-33(41-36(44)28-14-7-4-8-15-28)37(45)40-29-16-19-31(20-17-29)48-35(27-12-5-3-6-13-27)38(46)43-39-42-32-21-18-30(47-2)24-34(32)49-39/h3-24,35H,1-2H3,(H,40,45)(H,41,44)(H,42,43,46)/b33-23-. The van der Waals surface area contributed by atoms with Crippen LogP contribution in [-0.4, -0.2) is 29.8 Å². The zero-order valence-corrected chi connectivity index (χ0v) is 28.3. The summed E-state index contributed by atoms with van der Waals surface area (Å²) in [7, 11) is 1.61. The van der Waals surface area contributed by atoms with E-state index in [0.717, 1.165) is 37.6 Å². The molecule has 1 heterocycles. The van der Waals surface area contributed by atoms with E-state index in [-0.39, 0.29) is 11.6 Å². The van der Waals surface area contributed by atoms with Gasteiger partial charge < -0.3 is 20.7 Å². The lowest BCUT2D eigenvalue weighted by atomic mass is 10.1. The van der Waals surface area contributed by atoms with Gasteiger partial charge in [0.1, 0.15) is 16.7 Å². The molecule has 1 unspecified atom stereocenters. The van der Waals surface area contributed by atoms with Crippen LogP contribution >= 0.6 is 23.1 Å². The normalized spacial score (nSPS) is 11.8. The number of fused-ring (bicyclic) bond motifs is 1. The number of benzene rings is 5. The second-order valence-corrected chi connectivity index (χ2v) is 13.2. The summed E-state index contributed by atoms with van der Waals surface area (Å²) in [5.74, 6) is -0.347. The van der Waals surface area contributed by atoms with Gasteiger partial charge in [-0.3, -0.25) is 14.4 Å². The predicted molar refractivity (Wildman–Crippen MR) is 198 cm³/mol. The molecule has 0 aliphatic heterocycles. The topological polar surface area (TPSA) is 109 Å². The number of hydrogen-bond donors (Lipinski definition) is 3. The molecule has 6 rings (SSSR count). The Morgan fingerprint density at radius 3 is 2.27 bits per heavy atom. The first-order chi connectivity index (χ1) is 23.8. The Labute approximate surface area is 292 Å². The van der Waals surface area contributed by atoms with Gasteiger partial charge in [0.25, 0.3) is 11.8 Å². The third-order valence-electron chi connectivity index (χ3n) is 7.41. The molecule has 0 aliphatic carbocycles. The van der Waals surface area contributed by atoms with Crippen molar-refractivity contribution in [3.05, 3.63) is 155 Å². The van der Waals surface area contributed by atoms with Gasteiger partial charge in [-0.2, -0.15) is 0 Å². The minimum absolute atomic E-state index is 0.104. The Hall–Kier alpha value is -5.71. The lowest BCUT2D eigenvalue weighted by Gasteiger charge is -2.17. The zero-order valence-electron chi connectivity index (χ0n) is 26.7. The lowest BCUT2D eigenvalue weighted by molar-refractivity contribution is -0.116.